The summed E-state index contributed by atoms with van der Waals surface area (Å²) in [6.45, 7) is 3.29. The van der Waals surface area contributed by atoms with E-state index in [-0.39, 0.29) is 0 Å². The Labute approximate surface area is 96.2 Å². The molecule has 0 aliphatic heterocycles. The van der Waals surface area contributed by atoms with Crippen molar-refractivity contribution in [1.82, 2.24) is 4.90 Å². The Kier molecular flexibility index (Phi) is 4.46. The monoisotopic (exact) mass is 221 g/mol. The maximum atomic E-state index is 10.8. The topological polar surface area (TPSA) is 72.3 Å². The van der Waals surface area contributed by atoms with E-state index < -0.39 is 11.9 Å². The predicted octanol–water partition coefficient (Wildman–Crippen LogP) is 0.239. The van der Waals surface area contributed by atoms with Crippen LogP contribution in [0, 0.1) is 6.92 Å². The van der Waals surface area contributed by atoms with Gasteiger partial charge in [-0.15, -0.1) is 0 Å². The quantitative estimate of drug-likeness (QED) is 0.748. The summed E-state index contributed by atoms with van der Waals surface area (Å²) >= 11 is 0. The number of aryl methyl sites for hydroxylation is 1. The number of hydrogen-bond acceptors (Lipinski definition) is 3. The fraction of sp³-hybridized carbons (Fsp3) is 0.417. The molecule has 0 saturated heterocycles. The number of primary amides is 1. The zero-order chi connectivity index (χ0) is 12.1. The van der Waals surface area contributed by atoms with Gasteiger partial charge in [0.1, 0.15) is 0 Å². The molecule has 1 atom stereocenters. The molecule has 88 valence electrons. The highest BCUT2D eigenvalue weighted by molar-refractivity contribution is 5.79. The minimum absolute atomic E-state index is 0.462. The van der Waals surface area contributed by atoms with Gasteiger partial charge in [0.2, 0.25) is 5.91 Å². The molecule has 0 aliphatic rings. The highest BCUT2D eigenvalue weighted by Gasteiger charge is 2.11. The van der Waals surface area contributed by atoms with Gasteiger partial charge < -0.3 is 16.4 Å². The Morgan fingerprint density at radius 1 is 1.38 bits per heavy atom. The highest BCUT2D eigenvalue weighted by Crippen LogP contribution is 2.05. The van der Waals surface area contributed by atoms with Crippen LogP contribution in [0.3, 0.4) is 0 Å². The van der Waals surface area contributed by atoms with Crippen LogP contribution in [0.5, 0.6) is 0 Å². The summed E-state index contributed by atoms with van der Waals surface area (Å²) < 4.78 is 0. The summed E-state index contributed by atoms with van der Waals surface area (Å²) in [5.41, 5.74) is 13.1. The van der Waals surface area contributed by atoms with Crippen molar-refractivity contribution in [3.8, 4) is 0 Å². The second kappa shape index (κ2) is 5.63. The van der Waals surface area contributed by atoms with E-state index in [1.807, 2.05) is 11.9 Å². The molecule has 4 heteroatoms. The summed E-state index contributed by atoms with van der Waals surface area (Å²) in [6, 6.07) is 7.67. The van der Waals surface area contributed by atoms with Crippen LogP contribution in [0.15, 0.2) is 24.3 Å². The smallest absolute Gasteiger partial charge is 0.235 e. The second-order valence-corrected chi connectivity index (χ2v) is 4.19. The highest BCUT2D eigenvalue weighted by atomic mass is 16.1. The molecule has 4 N–H and O–H groups in total. The van der Waals surface area contributed by atoms with Crippen molar-refractivity contribution < 1.29 is 4.79 Å². The number of rotatable bonds is 5. The lowest BCUT2D eigenvalue weighted by Crippen LogP contribution is -2.44. The van der Waals surface area contributed by atoms with Gasteiger partial charge in [-0.3, -0.25) is 4.79 Å². The van der Waals surface area contributed by atoms with Gasteiger partial charge in [0.25, 0.3) is 0 Å². The maximum absolute atomic E-state index is 10.8. The number of carbonyl (C=O) groups excluding carboxylic acids is 1. The first-order chi connectivity index (χ1) is 7.49. The Bertz CT molecular complexity index is 348. The molecule has 0 fully saturated rings. The van der Waals surface area contributed by atoms with E-state index in [4.69, 9.17) is 11.5 Å². The molecule has 4 nitrogen and oxygen atoms in total. The normalized spacial score (nSPS) is 12.8. The molecule has 0 bridgehead atoms. The number of likely N-dealkylation sites (N-methyl/N-ethyl adjacent to an activating group) is 1. The van der Waals surface area contributed by atoms with Gasteiger partial charge in [0, 0.05) is 13.1 Å². The van der Waals surface area contributed by atoms with E-state index in [0.717, 1.165) is 6.54 Å². The van der Waals surface area contributed by atoms with Crippen LogP contribution >= 0.6 is 0 Å². The Morgan fingerprint density at radius 2 is 1.94 bits per heavy atom. The van der Waals surface area contributed by atoms with E-state index in [1.54, 1.807) is 0 Å². The van der Waals surface area contributed by atoms with Crippen molar-refractivity contribution in [2.24, 2.45) is 11.5 Å². The summed E-state index contributed by atoms with van der Waals surface area (Å²) in [7, 11) is 1.92. The number of nitrogens with zero attached hydrogens (tertiary/aromatic N) is 1. The molecule has 0 radical (unpaired) electrons. The molecule has 1 rings (SSSR count). The van der Waals surface area contributed by atoms with Crippen LogP contribution in [0.25, 0.3) is 0 Å². The largest absolute Gasteiger partial charge is 0.368 e. The summed E-state index contributed by atoms with van der Waals surface area (Å²) in [6.07, 6.45) is 0. The van der Waals surface area contributed by atoms with E-state index in [0.29, 0.717) is 6.54 Å². The van der Waals surface area contributed by atoms with Crippen LogP contribution in [-0.4, -0.2) is 30.4 Å². The SMILES string of the molecule is Cc1ccc(CN(C)CC(N)C(N)=O)cc1. The average molecular weight is 221 g/mol. The van der Waals surface area contributed by atoms with E-state index in [2.05, 4.69) is 31.2 Å². The van der Waals surface area contributed by atoms with Gasteiger partial charge in [-0.1, -0.05) is 29.8 Å². The number of hydrogen-bond donors (Lipinski definition) is 2. The van der Waals surface area contributed by atoms with Gasteiger partial charge in [0.15, 0.2) is 0 Å². The van der Waals surface area contributed by atoms with Gasteiger partial charge >= 0.3 is 0 Å². The fourth-order valence-electron chi connectivity index (χ4n) is 1.50. The lowest BCUT2D eigenvalue weighted by Gasteiger charge is -2.19. The van der Waals surface area contributed by atoms with Gasteiger partial charge in [0.05, 0.1) is 6.04 Å². The van der Waals surface area contributed by atoms with Crippen molar-refractivity contribution in [3.05, 3.63) is 35.4 Å². The third kappa shape index (κ3) is 4.00. The van der Waals surface area contributed by atoms with Crippen LogP contribution < -0.4 is 11.5 Å². The number of benzene rings is 1. The Balaban J connectivity index is 2.48. The number of carbonyl (C=O) groups is 1. The van der Waals surface area contributed by atoms with Gasteiger partial charge in [-0.05, 0) is 19.5 Å². The van der Waals surface area contributed by atoms with Crippen molar-refractivity contribution >= 4 is 5.91 Å². The molecule has 1 amide bonds. The zero-order valence-corrected chi connectivity index (χ0v) is 9.81. The van der Waals surface area contributed by atoms with Crippen molar-refractivity contribution in [2.45, 2.75) is 19.5 Å². The van der Waals surface area contributed by atoms with E-state index >= 15 is 0 Å². The molecule has 1 unspecified atom stereocenters. The lowest BCUT2D eigenvalue weighted by atomic mass is 10.1. The molecule has 16 heavy (non-hydrogen) atoms. The molecule has 1 aromatic carbocycles. The van der Waals surface area contributed by atoms with Crippen LogP contribution in [0.1, 0.15) is 11.1 Å². The minimum atomic E-state index is -0.601. The van der Waals surface area contributed by atoms with E-state index in [9.17, 15) is 4.79 Å². The lowest BCUT2D eigenvalue weighted by molar-refractivity contribution is -0.119. The average Bonchev–Trinajstić information content (AvgIpc) is 2.21. The first-order valence-electron chi connectivity index (χ1n) is 5.28. The first kappa shape index (κ1) is 12.7. The van der Waals surface area contributed by atoms with Crippen molar-refractivity contribution in [2.75, 3.05) is 13.6 Å². The number of nitrogens with two attached hydrogens (primary N) is 2. The van der Waals surface area contributed by atoms with Crippen LogP contribution in [-0.2, 0) is 11.3 Å². The molecular weight excluding hydrogens is 202 g/mol. The number of amides is 1. The van der Waals surface area contributed by atoms with Crippen LogP contribution in [0.4, 0.5) is 0 Å². The minimum Gasteiger partial charge on any atom is -0.368 e. The Hall–Kier alpha value is -1.39. The Morgan fingerprint density at radius 3 is 2.44 bits per heavy atom. The maximum Gasteiger partial charge on any atom is 0.235 e. The standard InChI is InChI=1S/C12H19N3O/c1-9-3-5-10(6-4-9)7-15(2)8-11(13)12(14)16/h3-6,11H,7-8,13H2,1-2H3,(H2,14,16). The molecule has 0 aromatic heterocycles. The summed E-state index contributed by atoms with van der Waals surface area (Å²) in [5.74, 6) is -0.462. The van der Waals surface area contributed by atoms with Crippen LogP contribution in [0.2, 0.25) is 0 Å². The van der Waals surface area contributed by atoms with Gasteiger partial charge in [-0.2, -0.15) is 0 Å². The molecule has 0 heterocycles. The van der Waals surface area contributed by atoms with E-state index in [1.165, 1.54) is 11.1 Å². The first-order valence-corrected chi connectivity index (χ1v) is 5.28. The van der Waals surface area contributed by atoms with Gasteiger partial charge in [-0.25, -0.2) is 0 Å². The summed E-state index contributed by atoms with van der Waals surface area (Å²) in [4.78, 5) is 12.8. The summed E-state index contributed by atoms with van der Waals surface area (Å²) in [5, 5.41) is 0. The second-order valence-electron chi connectivity index (χ2n) is 4.19. The van der Waals surface area contributed by atoms with Crippen molar-refractivity contribution in [1.29, 1.82) is 0 Å². The molecular formula is C12H19N3O. The molecule has 0 saturated carbocycles. The fourth-order valence-corrected chi connectivity index (χ4v) is 1.50. The zero-order valence-electron chi connectivity index (χ0n) is 9.81. The third-order valence-electron chi connectivity index (χ3n) is 2.45. The van der Waals surface area contributed by atoms with Crippen molar-refractivity contribution in [3.63, 3.8) is 0 Å². The third-order valence-corrected chi connectivity index (χ3v) is 2.45. The molecule has 0 spiro atoms. The molecule has 0 aliphatic carbocycles. The molecule has 1 aromatic rings. The predicted molar refractivity (Wildman–Crippen MR) is 64.7 cm³/mol.